The Kier molecular flexibility index (Phi) is 4.36. The van der Waals surface area contributed by atoms with Crippen molar-refractivity contribution in [1.29, 1.82) is 0 Å². The van der Waals surface area contributed by atoms with E-state index in [0.29, 0.717) is 12.5 Å². The molecule has 20 heavy (non-hydrogen) atoms. The van der Waals surface area contributed by atoms with Crippen LogP contribution < -0.4 is 10.6 Å². The van der Waals surface area contributed by atoms with Crippen molar-refractivity contribution in [2.75, 3.05) is 6.54 Å². The van der Waals surface area contributed by atoms with Crippen molar-refractivity contribution in [3.8, 4) is 0 Å². The Hall–Kier alpha value is -1.35. The van der Waals surface area contributed by atoms with Gasteiger partial charge < -0.3 is 10.6 Å². The fraction of sp³-hybridized carbons (Fsp3) is 0.588. The van der Waals surface area contributed by atoms with Crippen molar-refractivity contribution >= 4 is 5.91 Å². The Labute approximate surface area is 121 Å². The number of fused-ring (bicyclic) bond motifs is 1. The lowest BCUT2D eigenvalue weighted by Gasteiger charge is -2.28. The molecule has 0 saturated heterocycles. The van der Waals surface area contributed by atoms with Crippen LogP contribution in [-0.4, -0.2) is 18.5 Å². The third-order valence-corrected chi connectivity index (χ3v) is 4.58. The zero-order valence-electron chi connectivity index (χ0n) is 12.0. The van der Waals surface area contributed by atoms with Gasteiger partial charge in [0.25, 0.3) is 0 Å². The molecule has 1 saturated carbocycles. The van der Waals surface area contributed by atoms with Gasteiger partial charge in [-0.15, -0.1) is 0 Å². The topological polar surface area (TPSA) is 41.1 Å². The first-order chi connectivity index (χ1) is 9.83. The summed E-state index contributed by atoms with van der Waals surface area (Å²) in [6.45, 7) is 0.971. The Bertz CT molecular complexity index is 466. The molecule has 1 fully saturated rings. The van der Waals surface area contributed by atoms with Crippen molar-refractivity contribution < 1.29 is 4.79 Å². The van der Waals surface area contributed by atoms with Crippen LogP contribution in [0, 0.1) is 0 Å². The summed E-state index contributed by atoms with van der Waals surface area (Å²) < 4.78 is 0. The van der Waals surface area contributed by atoms with Crippen LogP contribution in [-0.2, 0) is 11.2 Å². The van der Waals surface area contributed by atoms with Crippen molar-refractivity contribution in [3.63, 3.8) is 0 Å². The molecule has 0 spiro atoms. The van der Waals surface area contributed by atoms with Gasteiger partial charge in [-0.1, -0.05) is 43.5 Å². The van der Waals surface area contributed by atoms with Crippen molar-refractivity contribution in [1.82, 2.24) is 10.6 Å². The molecule has 1 amide bonds. The molecule has 0 bridgehead atoms. The van der Waals surface area contributed by atoms with E-state index in [1.807, 2.05) is 0 Å². The molecule has 2 aliphatic rings. The first-order valence-corrected chi connectivity index (χ1v) is 7.93. The lowest BCUT2D eigenvalue weighted by Crippen LogP contribution is -2.39. The maximum Gasteiger partial charge on any atom is 0.222 e. The normalized spacial score (nSPS) is 23.1. The van der Waals surface area contributed by atoms with Crippen molar-refractivity contribution in [2.45, 2.75) is 57.0 Å². The Morgan fingerprint density at radius 3 is 2.85 bits per heavy atom. The number of carbonyl (C=O) groups is 1. The number of hydrogen-bond donors (Lipinski definition) is 2. The number of hydrogen-bond acceptors (Lipinski definition) is 2. The van der Waals surface area contributed by atoms with Gasteiger partial charge >= 0.3 is 0 Å². The molecule has 0 aromatic heterocycles. The molecule has 3 rings (SSSR count). The molecule has 1 aliphatic carbocycles. The Morgan fingerprint density at radius 1 is 1.20 bits per heavy atom. The maximum absolute atomic E-state index is 12.2. The summed E-state index contributed by atoms with van der Waals surface area (Å²) in [6, 6.07) is 9.09. The summed E-state index contributed by atoms with van der Waals surface area (Å²) >= 11 is 0. The molecule has 1 aromatic carbocycles. The highest BCUT2D eigenvalue weighted by Crippen LogP contribution is 2.25. The minimum absolute atomic E-state index is 0.184. The summed E-state index contributed by atoms with van der Waals surface area (Å²) in [5.41, 5.74) is 2.69. The van der Waals surface area contributed by atoms with E-state index in [1.165, 1.54) is 30.4 Å². The van der Waals surface area contributed by atoms with Gasteiger partial charge in [0.1, 0.15) is 0 Å². The average Bonchev–Trinajstić information content (AvgIpc) is 2.48. The molecule has 0 radical (unpaired) electrons. The summed E-state index contributed by atoms with van der Waals surface area (Å²) in [7, 11) is 0. The summed E-state index contributed by atoms with van der Waals surface area (Å²) in [5.74, 6) is 0.200. The fourth-order valence-corrected chi connectivity index (χ4v) is 3.49. The first-order valence-electron chi connectivity index (χ1n) is 7.93. The molecule has 1 aliphatic heterocycles. The second kappa shape index (κ2) is 6.40. The second-order valence-electron chi connectivity index (χ2n) is 6.06. The van der Waals surface area contributed by atoms with E-state index in [4.69, 9.17) is 0 Å². The standard InChI is InChI=1S/C17H24N2O/c20-17(19-14-7-2-1-3-8-14)12-16-15-9-5-4-6-13(15)10-11-18-16/h4-6,9,14,16,18H,1-3,7-8,10-12H2,(H,19,20). The maximum atomic E-state index is 12.2. The van der Waals surface area contributed by atoms with Gasteiger partial charge in [-0.2, -0.15) is 0 Å². The number of benzene rings is 1. The minimum atomic E-state index is 0.184. The third-order valence-electron chi connectivity index (χ3n) is 4.58. The van der Waals surface area contributed by atoms with E-state index in [-0.39, 0.29) is 11.9 Å². The Balaban J connectivity index is 1.59. The molecule has 2 N–H and O–H groups in total. The Morgan fingerprint density at radius 2 is 2.00 bits per heavy atom. The molecule has 1 unspecified atom stereocenters. The highest BCUT2D eigenvalue weighted by atomic mass is 16.1. The van der Waals surface area contributed by atoms with Gasteiger partial charge in [-0.3, -0.25) is 4.79 Å². The molecule has 1 aromatic rings. The zero-order valence-corrected chi connectivity index (χ0v) is 12.0. The molecular formula is C17H24N2O. The smallest absolute Gasteiger partial charge is 0.222 e. The first kappa shape index (κ1) is 13.6. The van der Waals surface area contributed by atoms with Gasteiger partial charge in [-0.05, 0) is 36.9 Å². The number of nitrogens with one attached hydrogen (secondary N) is 2. The largest absolute Gasteiger partial charge is 0.353 e. The second-order valence-corrected chi connectivity index (χ2v) is 6.06. The summed E-state index contributed by atoms with van der Waals surface area (Å²) in [4.78, 5) is 12.2. The van der Waals surface area contributed by atoms with E-state index in [0.717, 1.165) is 25.8 Å². The van der Waals surface area contributed by atoms with Crippen LogP contribution in [0.2, 0.25) is 0 Å². The van der Waals surface area contributed by atoms with Gasteiger partial charge in [0, 0.05) is 18.5 Å². The van der Waals surface area contributed by atoms with E-state index >= 15 is 0 Å². The van der Waals surface area contributed by atoms with Crippen molar-refractivity contribution in [3.05, 3.63) is 35.4 Å². The number of carbonyl (C=O) groups excluding carboxylic acids is 1. The van der Waals surface area contributed by atoms with E-state index in [9.17, 15) is 4.79 Å². The van der Waals surface area contributed by atoms with Crippen LogP contribution in [0.3, 0.4) is 0 Å². The molecule has 3 nitrogen and oxygen atoms in total. The van der Waals surface area contributed by atoms with E-state index in [2.05, 4.69) is 34.9 Å². The van der Waals surface area contributed by atoms with Gasteiger partial charge in [0.15, 0.2) is 0 Å². The van der Waals surface area contributed by atoms with Crippen LogP contribution in [0.15, 0.2) is 24.3 Å². The summed E-state index contributed by atoms with van der Waals surface area (Å²) in [5, 5.41) is 6.70. The highest BCUT2D eigenvalue weighted by molar-refractivity contribution is 5.77. The summed E-state index contributed by atoms with van der Waals surface area (Å²) in [6.07, 6.45) is 7.78. The van der Waals surface area contributed by atoms with Crippen LogP contribution in [0.25, 0.3) is 0 Å². The number of amides is 1. The fourth-order valence-electron chi connectivity index (χ4n) is 3.49. The minimum Gasteiger partial charge on any atom is -0.353 e. The van der Waals surface area contributed by atoms with Crippen LogP contribution in [0.1, 0.15) is 55.7 Å². The quantitative estimate of drug-likeness (QED) is 0.888. The van der Waals surface area contributed by atoms with Crippen molar-refractivity contribution in [2.24, 2.45) is 0 Å². The van der Waals surface area contributed by atoms with Gasteiger partial charge in [0.2, 0.25) is 5.91 Å². The molecular weight excluding hydrogens is 248 g/mol. The van der Waals surface area contributed by atoms with Gasteiger partial charge in [0.05, 0.1) is 0 Å². The molecule has 3 heteroatoms. The van der Waals surface area contributed by atoms with E-state index < -0.39 is 0 Å². The number of rotatable bonds is 3. The lowest BCUT2D eigenvalue weighted by atomic mass is 9.91. The third kappa shape index (κ3) is 3.21. The molecule has 108 valence electrons. The van der Waals surface area contributed by atoms with Crippen LogP contribution >= 0.6 is 0 Å². The molecule has 1 heterocycles. The highest BCUT2D eigenvalue weighted by Gasteiger charge is 2.23. The monoisotopic (exact) mass is 272 g/mol. The van der Waals surface area contributed by atoms with Crippen LogP contribution in [0.4, 0.5) is 0 Å². The average molecular weight is 272 g/mol. The van der Waals surface area contributed by atoms with E-state index in [1.54, 1.807) is 0 Å². The predicted molar refractivity (Wildman–Crippen MR) is 80.5 cm³/mol. The molecule has 1 atom stereocenters. The SMILES string of the molecule is O=C(CC1NCCc2ccccc21)NC1CCCCC1. The van der Waals surface area contributed by atoms with Crippen LogP contribution in [0.5, 0.6) is 0 Å². The zero-order chi connectivity index (χ0) is 13.8. The predicted octanol–water partition coefficient (Wildman–Crippen LogP) is 2.71. The lowest BCUT2D eigenvalue weighted by molar-refractivity contribution is -0.122. The van der Waals surface area contributed by atoms with Gasteiger partial charge in [-0.25, -0.2) is 0 Å².